The molecule has 1 amide bonds. The van der Waals surface area contributed by atoms with Crippen LogP contribution in [0, 0.1) is 5.92 Å². The summed E-state index contributed by atoms with van der Waals surface area (Å²) in [5, 5.41) is 0. The van der Waals surface area contributed by atoms with Gasteiger partial charge in [-0.2, -0.15) is 12.6 Å². The molecule has 1 aromatic heterocycles. The molecular formula is C11H15N3OS. The summed E-state index contributed by atoms with van der Waals surface area (Å²) >= 11 is 4.23. The van der Waals surface area contributed by atoms with Crippen LogP contribution in [0.3, 0.4) is 0 Å². The molecule has 0 saturated carbocycles. The molecule has 2 heterocycles. The Bertz CT molecular complexity index is 358. The van der Waals surface area contributed by atoms with E-state index in [1.165, 1.54) is 0 Å². The molecular weight excluding hydrogens is 222 g/mol. The fraction of sp³-hybridized carbons (Fsp3) is 0.545. The molecule has 0 N–H and O–H groups in total. The van der Waals surface area contributed by atoms with Gasteiger partial charge in [-0.05, 0) is 11.7 Å². The molecule has 0 bridgehead atoms. The summed E-state index contributed by atoms with van der Waals surface area (Å²) in [4.78, 5) is 21.7. The van der Waals surface area contributed by atoms with Crippen LogP contribution in [0.25, 0.3) is 0 Å². The van der Waals surface area contributed by atoms with Gasteiger partial charge >= 0.3 is 0 Å². The number of hydrogen-bond donors (Lipinski definition) is 1. The molecule has 2 rings (SSSR count). The van der Waals surface area contributed by atoms with Gasteiger partial charge < -0.3 is 4.90 Å². The predicted octanol–water partition coefficient (Wildman–Crippen LogP) is 0.797. The first-order valence-electron chi connectivity index (χ1n) is 5.43. The molecule has 1 unspecified atom stereocenters. The van der Waals surface area contributed by atoms with Gasteiger partial charge in [0.1, 0.15) is 0 Å². The summed E-state index contributed by atoms with van der Waals surface area (Å²) in [6.07, 6.45) is 6.50. The first kappa shape index (κ1) is 11.4. The number of hydrogen-bond acceptors (Lipinski definition) is 4. The highest BCUT2D eigenvalue weighted by Crippen LogP contribution is 2.18. The zero-order valence-electron chi connectivity index (χ0n) is 9.04. The van der Waals surface area contributed by atoms with E-state index in [0.717, 1.165) is 31.0 Å². The Morgan fingerprint density at radius 2 is 2.38 bits per heavy atom. The molecule has 86 valence electrons. The molecule has 0 spiro atoms. The van der Waals surface area contributed by atoms with Crippen molar-refractivity contribution >= 4 is 18.5 Å². The largest absolute Gasteiger partial charge is 0.342 e. The predicted molar refractivity (Wildman–Crippen MR) is 64.3 cm³/mol. The van der Waals surface area contributed by atoms with E-state index in [-0.39, 0.29) is 5.91 Å². The Hall–Kier alpha value is -1.10. The number of carbonyl (C=O) groups is 1. The van der Waals surface area contributed by atoms with Gasteiger partial charge in [0.15, 0.2) is 0 Å². The van der Waals surface area contributed by atoms with Gasteiger partial charge in [0.2, 0.25) is 5.91 Å². The fourth-order valence-corrected chi connectivity index (χ4v) is 2.15. The van der Waals surface area contributed by atoms with Crippen molar-refractivity contribution in [3.8, 4) is 0 Å². The highest BCUT2D eigenvalue weighted by atomic mass is 32.1. The molecule has 1 aromatic rings. The molecule has 16 heavy (non-hydrogen) atoms. The van der Waals surface area contributed by atoms with Gasteiger partial charge in [-0.3, -0.25) is 14.8 Å². The summed E-state index contributed by atoms with van der Waals surface area (Å²) in [6, 6.07) is 0. The van der Waals surface area contributed by atoms with E-state index in [2.05, 4.69) is 22.6 Å². The first-order valence-corrected chi connectivity index (χ1v) is 6.06. The van der Waals surface area contributed by atoms with Crippen LogP contribution in [-0.2, 0) is 11.2 Å². The second-order valence-corrected chi connectivity index (χ2v) is 4.40. The minimum Gasteiger partial charge on any atom is -0.342 e. The minimum absolute atomic E-state index is 0.239. The van der Waals surface area contributed by atoms with Crippen LogP contribution in [0.15, 0.2) is 18.6 Å². The molecule has 1 fully saturated rings. The maximum atomic E-state index is 11.6. The van der Waals surface area contributed by atoms with E-state index < -0.39 is 0 Å². The van der Waals surface area contributed by atoms with Gasteiger partial charge in [-0.1, -0.05) is 0 Å². The number of likely N-dealkylation sites (tertiary alicyclic amines) is 1. The van der Waals surface area contributed by atoms with E-state index in [1.54, 1.807) is 18.6 Å². The molecule has 0 radical (unpaired) electrons. The first-order chi connectivity index (χ1) is 7.79. The zero-order chi connectivity index (χ0) is 11.4. The van der Waals surface area contributed by atoms with Crippen molar-refractivity contribution in [3.05, 3.63) is 24.3 Å². The fourth-order valence-electron chi connectivity index (χ4n) is 1.90. The van der Waals surface area contributed by atoms with Crippen LogP contribution in [-0.4, -0.2) is 39.6 Å². The van der Waals surface area contributed by atoms with Crippen molar-refractivity contribution in [2.75, 3.05) is 18.8 Å². The molecule has 4 nitrogen and oxygen atoms in total. The van der Waals surface area contributed by atoms with E-state index in [4.69, 9.17) is 0 Å². The third kappa shape index (κ3) is 2.72. The molecule has 1 aliphatic rings. The van der Waals surface area contributed by atoms with Crippen molar-refractivity contribution in [1.82, 2.24) is 14.9 Å². The van der Waals surface area contributed by atoms with Crippen molar-refractivity contribution in [3.63, 3.8) is 0 Å². The molecule has 1 atom stereocenters. The Labute approximate surface area is 100 Å². The van der Waals surface area contributed by atoms with E-state index >= 15 is 0 Å². The summed E-state index contributed by atoms with van der Waals surface area (Å²) < 4.78 is 0. The van der Waals surface area contributed by atoms with Crippen LogP contribution < -0.4 is 0 Å². The number of carbonyl (C=O) groups excluding carboxylic acids is 1. The zero-order valence-corrected chi connectivity index (χ0v) is 9.94. The lowest BCUT2D eigenvalue weighted by Crippen LogP contribution is -2.27. The summed E-state index contributed by atoms with van der Waals surface area (Å²) in [5.74, 6) is 1.44. The van der Waals surface area contributed by atoms with Crippen LogP contribution in [0.1, 0.15) is 12.1 Å². The standard InChI is InChI=1S/C11H15N3OS/c15-11-5-9(8-16)7-14(11)4-1-10-6-12-2-3-13-10/h2-3,6,9,16H,1,4-5,7-8H2. The Morgan fingerprint density at radius 1 is 1.50 bits per heavy atom. The lowest BCUT2D eigenvalue weighted by Gasteiger charge is -2.15. The van der Waals surface area contributed by atoms with Crippen LogP contribution in [0.2, 0.25) is 0 Å². The van der Waals surface area contributed by atoms with Crippen molar-refractivity contribution < 1.29 is 4.79 Å². The van der Waals surface area contributed by atoms with E-state index in [0.29, 0.717) is 12.3 Å². The quantitative estimate of drug-likeness (QED) is 0.788. The van der Waals surface area contributed by atoms with Crippen molar-refractivity contribution in [2.45, 2.75) is 12.8 Å². The normalized spacial score (nSPS) is 20.4. The summed E-state index contributed by atoms with van der Waals surface area (Å²) in [6.45, 7) is 1.57. The smallest absolute Gasteiger partial charge is 0.222 e. The van der Waals surface area contributed by atoms with Gasteiger partial charge in [-0.25, -0.2) is 0 Å². The second kappa shape index (κ2) is 5.30. The van der Waals surface area contributed by atoms with E-state index in [1.807, 2.05) is 4.90 Å². The molecule has 0 aromatic carbocycles. The maximum Gasteiger partial charge on any atom is 0.222 e. The summed E-state index contributed by atoms with van der Waals surface area (Å²) in [5.41, 5.74) is 0.935. The van der Waals surface area contributed by atoms with Crippen molar-refractivity contribution in [1.29, 1.82) is 0 Å². The van der Waals surface area contributed by atoms with Gasteiger partial charge in [0.25, 0.3) is 0 Å². The SMILES string of the molecule is O=C1CC(CS)CN1CCc1cnccn1. The molecule has 5 heteroatoms. The lowest BCUT2D eigenvalue weighted by atomic mass is 10.1. The van der Waals surface area contributed by atoms with Crippen LogP contribution in [0.4, 0.5) is 0 Å². The second-order valence-electron chi connectivity index (χ2n) is 4.04. The van der Waals surface area contributed by atoms with Crippen LogP contribution >= 0.6 is 12.6 Å². The monoisotopic (exact) mass is 237 g/mol. The molecule has 1 saturated heterocycles. The number of amides is 1. The van der Waals surface area contributed by atoms with Crippen LogP contribution in [0.5, 0.6) is 0 Å². The average Bonchev–Trinajstić information content (AvgIpc) is 2.69. The van der Waals surface area contributed by atoms with Gasteiger partial charge in [-0.15, -0.1) is 0 Å². The van der Waals surface area contributed by atoms with Crippen molar-refractivity contribution in [2.24, 2.45) is 5.92 Å². The number of rotatable bonds is 4. The maximum absolute atomic E-state index is 11.6. The highest BCUT2D eigenvalue weighted by molar-refractivity contribution is 7.80. The Kier molecular flexibility index (Phi) is 3.77. The highest BCUT2D eigenvalue weighted by Gasteiger charge is 2.27. The third-order valence-corrected chi connectivity index (χ3v) is 3.32. The van der Waals surface area contributed by atoms with Gasteiger partial charge in [0, 0.05) is 44.5 Å². The Balaban J connectivity index is 1.85. The molecule has 0 aliphatic carbocycles. The Morgan fingerprint density at radius 3 is 3.00 bits per heavy atom. The third-order valence-electron chi connectivity index (χ3n) is 2.81. The molecule has 1 aliphatic heterocycles. The topological polar surface area (TPSA) is 46.1 Å². The van der Waals surface area contributed by atoms with Gasteiger partial charge in [0.05, 0.1) is 5.69 Å². The number of thiol groups is 1. The van der Waals surface area contributed by atoms with E-state index in [9.17, 15) is 4.79 Å². The average molecular weight is 237 g/mol. The lowest BCUT2D eigenvalue weighted by molar-refractivity contribution is -0.127. The summed E-state index contributed by atoms with van der Waals surface area (Å²) in [7, 11) is 0. The number of aromatic nitrogens is 2. The minimum atomic E-state index is 0.239. The number of nitrogens with zero attached hydrogens (tertiary/aromatic N) is 3.